The van der Waals surface area contributed by atoms with Gasteiger partial charge < -0.3 is 15.0 Å². The molecule has 2 atom stereocenters. The van der Waals surface area contributed by atoms with E-state index < -0.39 is 0 Å². The molecule has 0 aromatic carbocycles. The Labute approximate surface area is 113 Å². The third kappa shape index (κ3) is 3.42. The van der Waals surface area contributed by atoms with Gasteiger partial charge in [-0.3, -0.25) is 4.98 Å². The van der Waals surface area contributed by atoms with E-state index in [9.17, 15) is 0 Å². The summed E-state index contributed by atoms with van der Waals surface area (Å²) in [6, 6.07) is 2.24. The second kappa shape index (κ2) is 6.48. The summed E-state index contributed by atoms with van der Waals surface area (Å²) >= 11 is 6.15. The summed E-state index contributed by atoms with van der Waals surface area (Å²) in [6.07, 6.45) is 4.54. The number of morpholine rings is 1. The van der Waals surface area contributed by atoms with Crippen LogP contribution in [0.5, 0.6) is 0 Å². The van der Waals surface area contributed by atoms with Crippen molar-refractivity contribution in [2.45, 2.75) is 18.6 Å². The van der Waals surface area contributed by atoms with E-state index in [-0.39, 0.29) is 12.1 Å². The molecular weight excluding hydrogens is 250 g/mol. The molecule has 2 heterocycles. The largest absolute Gasteiger partial charge is 0.374 e. The first-order valence-electron chi connectivity index (χ1n) is 6.26. The lowest BCUT2D eigenvalue weighted by Gasteiger charge is -2.35. The molecule has 100 valence electrons. The van der Waals surface area contributed by atoms with Gasteiger partial charge in [0.05, 0.1) is 17.7 Å². The second-order valence-corrected chi connectivity index (χ2v) is 5.15. The van der Waals surface area contributed by atoms with Crippen molar-refractivity contribution in [3.63, 3.8) is 0 Å². The number of pyridine rings is 1. The van der Waals surface area contributed by atoms with Crippen LogP contribution in [0.15, 0.2) is 18.5 Å². The van der Waals surface area contributed by atoms with Gasteiger partial charge in [0, 0.05) is 31.5 Å². The Morgan fingerprint density at radius 3 is 3.17 bits per heavy atom. The van der Waals surface area contributed by atoms with Crippen LogP contribution in [-0.2, 0) is 11.2 Å². The number of nitrogens with one attached hydrogen (secondary N) is 1. The predicted octanol–water partition coefficient (Wildman–Crippen LogP) is 1.20. The fraction of sp³-hybridized carbons (Fsp3) is 0.615. The van der Waals surface area contributed by atoms with Crippen molar-refractivity contribution in [1.82, 2.24) is 15.2 Å². The van der Waals surface area contributed by atoms with Gasteiger partial charge in [-0.1, -0.05) is 11.6 Å². The molecule has 1 saturated heterocycles. The van der Waals surface area contributed by atoms with E-state index in [0.717, 1.165) is 36.7 Å². The van der Waals surface area contributed by atoms with Gasteiger partial charge >= 0.3 is 0 Å². The van der Waals surface area contributed by atoms with Crippen molar-refractivity contribution in [2.24, 2.45) is 0 Å². The molecule has 1 aliphatic heterocycles. The standard InChI is InChI=1S/C13H20ClN3O/c1-15-12(13-9-17(2)5-6-18-13)7-10-3-4-16-8-11(10)14/h3-4,8,12-13,15H,5-7,9H2,1-2H3. The average molecular weight is 270 g/mol. The Hall–Kier alpha value is -0.680. The maximum atomic E-state index is 6.15. The quantitative estimate of drug-likeness (QED) is 0.891. The molecule has 0 aliphatic carbocycles. The number of ether oxygens (including phenoxy) is 1. The van der Waals surface area contributed by atoms with Crippen LogP contribution < -0.4 is 5.32 Å². The maximum absolute atomic E-state index is 6.15. The van der Waals surface area contributed by atoms with Crippen molar-refractivity contribution in [1.29, 1.82) is 0 Å². The minimum absolute atomic E-state index is 0.206. The summed E-state index contributed by atoms with van der Waals surface area (Å²) in [7, 11) is 4.10. The van der Waals surface area contributed by atoms with E-state index in [1.165, 1.54) is 0 Å². The zero-order chi connectivity index (χ0) is 13.0. The van der Waals surface area contributed by atoms with Crippen molar-refractivity contribution in [3.05, 3.63) is 29.0 Å². The minimum Gasteiger partial charge on any atom is -0.374 e. The van der Waals surface area contributed by atoms with E-state index in [4.69, 9.17) is 16.3 Å². The Kier molecular flexibility index (Phi) is 4.95. The molecule has 0 bridgehead atoms. The number of aromatic nitrogens is 1. The van der Waals surface area contributed by atoms with Gasteiger partial charge in [-0.05, 0) is 32.1 Å². The third-order valence-corrected chi connectivity index (χ3v) is 3.75. The van der Waals surface area contributed by atoms with Gasteiger partial charge in [0.1, 0.15) is 0 Å². The van der Waals surface area contributed by atoms with Crippen LogP contribution in [-0.4, -0.2) is 55.8 Å². The lowest BCUT2D eigenvalue weighted by atomic mass is 10.0. The molecule has 1 aromatic heterocycles. The monoisotopic (exact) mass is 269 g/mol. The highest BCUT2D eigenvalue weighted by atomic mass is 35.5. The average Bonchev–Trinajstić information content (AvgIpc) is 2.38. The van der Waals surface area contributed by atoms with Gasteiger partial charge in [-0.15, -0.1) is 0 Å². The fourth-order valence-electron chi connectivity index (χ4n) is 2.28. The minimum atomic E-state index is 0.206. The van der Waals surface area contributed by atoms with Crippen molar-refractivity contribution in [2.75, 3.05) is 33.8 Å². The van der Waals surface area contributed by atoms with Gasteiger partial charge in [0.2, 0.25) is 0 Å². The van der Waals surface area contributed by atoms with Crippen molar-refractivity contribution < 1.29 is 4.74 Å². The topological polar surface area (TPSA) is 37.4 Å². The highest BCUT2D eigenvalue weighted by molar-refractivity contribution is 6.31. The van der Waals surface area contributed by atoms with Crippen molar-refractivity contribution in [3.8, 4) is 0 Å². The molecule has 1 aromatic rings. The number of halogens is 1. The molecule has 2 rings (SSSR count). The summed E-state index contributed by atoms with van der Waals surface area (Å²) in [5.41, 5.74) is 1.11. The highest BCUT2D eigenvalue weighted by Gasteiger charge is 2.26. The lowest BCUT2D eigenvalue weighted by molar-refractivity contribution is -0.0372. The summed E-state index contributed by atoms with van der Waals surface area (Å²) in [5.74, 6) is 0. The first-order valence-corrected chi connectivity index (χ1v) is 6.64. The van der Waals surface area contributed by atoms with Crippen LogP contribution in [0, 0.1) is 0 Å². The Balaban J connectivity index is 2.03. The maximum Gasteiger partial charge on any atom is 0.0858 e. The van der Waals surface area contributed by atoms with E-state index in [1.54, 1.807) is 12.4 Å². The molecule has 0 amide bonds. The molecule has 1 aliphatic rings. The summed E-state index contributed by atoms with van der Waals surface area (Å²) in [5, 5.41) is 4.06. The smallest absolute Gasteiger partial charge is 0.0858 e. The number of hydrogen-bond acceptors (Lipinski definition) is 4. The number of nitrogens with zero attached hydrogens (tertiary/aromatic N) is 2. The third-order valence-electron chi connectivity index (χ3n) is 3.41. The van der Waals surface area contributed by atoms with E-state index in [0.29, 0.717) is 0 Å². The van der Waals surface area contributed by atoms with Crippen LogP contribution >= 0.6 is 11.6 Å². The van der Waals surface area contributed by atoms with Crippen LogP contribution in [0.3, 0.4) is 0 Å². The van der Waals surface area contributed by atoms with Crippen LogP contribution in [0.2, 0.25) is 5.02 Å². The number of rotatable bonds is 4. The lowest BCUT2D eigenvalue weighted by Crippen LogP contribution is -2.51. The second-order valence-electron chi connectivity index (χ2n) is 4.74. The van der Waals surface area contributed by atoms with Crippen LogP contribution in [0.4, 0.5) is 0 Å². The van der Waals surface area contributed by atoms with E-state index in [1.807, 2.05) is 13.1 Å². The zero-order valence-electron chi connectivity index (χ0n) is 10.9. The van der Waals surface area contributed by atoms with Gasteiger partial charge in [0.15, 0.2) is 0 Å². The summed E-state index contributed by atoms with van der Waals surface area (Å²) < 4.78 is 5.85. The van der Waals surface area contributed by atoms with Crippen molar-refractivity contribution >= 4 is 11.6 Å². The van der Waals surface area contributed by atoms with E-state index in [2.05, 4.69) is 22.2 Å². The Morgan fingerprint density at radius 1 is 1.67 bits per heavy atom. The predicted molar refractivity (Wildman–Crippen MR) is 73.0 cm³/mol. The number of hydrogen-bond donors (Lipinski definition) is 1. The molecule has 0 radical (unpaired) electrons. The first kappa shape index (κ1) is 13.7. The Morgan fingerprint density at radius 2 is 2.50 bits per heavy atom. The first-order chi connectivity index (χ1) is 8.70. The Bertz CT molecular complexity index is 388. The van der Waals surface area contributed by atoms with E-state index >= 15 is 0 Å². The molecule has 2 unspecified atom stereocenters. The summed E-state index contributed by atoms with van der Waals surface area (Å²) in [6.45, 7) is 2.75. The molecule has 1 fully saturated rings. The normalized spacial score (nSPS) is 22.9. The fourth-order valence-corrected chi connectivity index (χ4v) is 2.48. The summed E-state index contributed by atoms with van der Waals surface area (Å²) in [4.78, 5) is 6.31. The SMILES string of the molecule is CNC(Cc1ccncc1Cl)C1CN(C)CCO1. The highest BCUT2D eigenvalue weighted by Crippen LogP contribution is 2.18. The van der Waals surface area contributed by atoms with Crippen LogP contribution in [0.25, 0.3) is 0 Å². The number of likely N-dealkylation sites (N-methyl/N-ethyl adjacent to an activating group) is 2. The molecule has 0 spiro atoms. The molecule has 1 N–H and O–H groups in total. The molecule has 5 heteroatoms. The van der Waals surface area contributed by atoms with Crippen LogP contribution in [0.1, 0.15) is 5.56 Å². The van der Waals surface area contributed by atoms with Gasteiger partial charge in [-0.2, -0.15) is 0 Å². The van der Waals surface area contributed by atoms with Gasteiger partial charge in [0.25, 0.3) is 0 Å². The van der Waals surface area contributed by atoms with Gasteiger partial charge in [-0.25, -0.2) is 0 Å². The molecule has 4 nitrogen and oxygen atoms in total. The zero-order valence-corrected chi connectivity index (χ0v) is 11.7. The molecule has 18 heavy (non-hydrogen) atoms. The molecular formula is C13H20ClN3O. The molecule has 0 saturated carbocycles.